The van der Waals surface area contributed by atoms with Crippen LogP contribution in [0.4, 0.5) is 0 Å². The fourth-order valence-electron chi connectivity index (χ4n) is 2.23. The summed E-state index contributed by atoms with van der Waals surface area (Å²) in [5.74, 6) is 0. The van der Waals surface area contributed by atoms with E-state index in [1.165, 1.54) is 0 Å². The van der Waals surface area contributed by atoms with E-state index in [0.29, 0.717) is 0 Å². The smallest absolute Gasteiger partial charge is 0.0994 e. The summed E-state index contributed by atoms with van der Waals surface area (Å²) in [6.45, 7) is 2.03. The molecule has 1 aliphatic rings. The molecule has 0 saturated heterocycles. The van der Waals surface area contributed by atoms with Crippen LogP contribution in [0.2, 0.25) is 0 Å². The van der Waals surface area contributed by atoms with E-state index >= 15 is 0 Å². The molecule has 0 bridgehead atoms. The zero-order valence-corrected chi connectivity index (χ0v) is 9.71. The Morgan fingerprint density at radius 3 is 3.00 bits per heavy atom. The highest BCUT2D eigenvalue weighted by Crippen LogP contribution is 2.28. The van der Waals surface area contributed by atoms with Crippen molar-refractivity contribution >= 4 is 0 Å². The van der Waals surface area contributed by atoms with Gasteiger partial charge in [-0.1, -0.05) is 25.0 Å². The van der Waals surface area contributed by atoms with Crippen molar-refractivity contribution in [3.05, 3.63) is 11.9 Å². The number of nitrogens with two attached hydrogens (primary N) is 1. The van der Waals surface area contributed by atoms with E-state index in [4.69, 9.17) is 5.73 Å². The van der Waals surface area contributed by atoms with Gasteiger partial charge < -0.3 is 10.8 Å². The Morgan fingerprint density at radius 2 is 2.31 bits per heavy atom. The third-order valence-electron chi connectivity index (χ3n) is 3.38. The Morgan fingerprint density at radius 1 is 1.56 bits per heavy atom. The van der Waals surface area contributed by atoms with Crippen LogP contribution in [0.1, 0.15) is 56.8 Å². The molecule has 1 aliphatic carbocycles. The lowest BCUT2D eigenvalue weighted by molar-refractivity contribution is 0.0685. The van der Waals surface area contributed by atoms with Gasteiger partial charge in [-0.3, -0.25) is 0 Å². The van der Waals surface area contributed by atoms with E-state index in [2.05, 4.69) is 10.3 Å². The summed E-state index contributed by atoms with van der Waals surface area (Å²) in [6.07, 6.45) is 6.54. The lowest BCUT2D eigenvalue weighted by atomic mass is 9.93. The van der Waals surface area contributed by atoms with Gasteiger partial charge >= 0.3 is 0 Å². The summed E-state index contributed by atoms with van der Waals surface area (Å²) < 4.78 is 1.79. The van der Waals surface area contributed by atoms with Gasteiger partial charge in [-0.2, -0.15) is 0 Å². The fourth-order valence-corrected chi connectivity index (χ4v) is 2.23. The maximum atomic E-state index is 9.91. The van der Waals surface area contributed by atoms with Crippen LogP contribution >= 0.6 is 0 Å². The predicted octanol–water partition coefficient (Wildman–Crippen LogP) is 1.16. The van der Waals surface area contributed by atoms with E-state index in [0.717, 1.165) is 37.8 Å². The first-order valence-corrected chi connectivity index (χ1v) is 6.07. The monoisotopic (exact) mass is 224 g/mol. The maximum absolute atomic E-state index is 9.91. The molecule has 5 nitrogen and oxygen atoms in total. The Labute approximate surface area is 95.6 Å². The first-order chi connectivity index (χ1) is 7.72. The number of nitrogens with zero attached hydrogens (tertiary/aromatic N) is 3. The zero-order valence-electron chi connectivity index (χ0n) is 9.71. The van der Waals surface area contributed by atoms with E-state index in [9.17, 15) is 5.11 Å². The summed E-state index contributed by atoms with van der Waals surface area (Å²) in [5, 5.41) is 18.1. The summed E-state index contributed by atoms with van der Waals surface area (Å²) in [5.41, 5.74) is 6.71. The number of aliphatic hydroxyl groups is 1. The van der Waals surface area contributed by atoms with Crippen molar-refractivity contribution in [2.75, 3.05) is 0 Å². The molecule has 1 saturated carbocycles. The Hall–Kier alpha value is -0.940. The van der Waals surface area contributed by atoms with Gasteiger partial charge in [0.1, 0.15) is 0 Å². The molecule has 90 valence electrons. The average Bonchev–Trinajstić information content (AvgIpc) is 2.78. The predicted molar refractivity (Wildman–Crippen MR) is 60.8 cm³/mol. The Kier molecular flexibility index (Phi) is 3.56. The molecule has 3 unspecified atom stereocenters. The molecule has 1 fully saturated rings. The van der Waals surface area contributed by atoms with Gasteiger partial charge in [0.05, 0.1) is 30.1 Å². The topological polar surface area (TPSA) is 77.0 Å². The van der Waals surface area contributed by atoms with E-state index in [1.54, 1.807) is 4.68 Å². The molecule has 1 aromatic rings. The summed E-state index contributed by atoms with van der Waals surface area (Å²) >= 11 is 0. The summed E-state index contributed by atoms with van der Waals surface area (Å²) in [4.78, 5) is 0. The number of aromatic nitrogens is 3. The molecule has 3 atom stereocenters. The molecule has 3 N–H and O–H groups in total. The second-order valence-corrected chi connectivity index (χ2v) is 4.56. The van der Waals surface area contributed by atoms with Crippen LogP contribution in [0.25, 0.3) is 0 Å². The molecule has 0 spiro atoms. The Bertz CT molecular complexity index is 338. The lowest BCUT2D eigenvalue weighted by Crippen LogP contribution is -2.28. The van der Waals surface area contributed by atoms with Crippen LogP contribution in [0.15, 0.2) is 6.20 Å². The van der Waals surface area contributed by atoms with Gasteiger partial charge in [0.2, 0.25) is 0 Å². The van der Waals surface area contributed by atoms with Gasteiger partial charge in [-0.25, -0.2) is 4.68 Å². The molecule has 0 aromatic carbocycles. The second-order valence-electron chi connectivity index (χ2n) is 4.56. The molecular weight excluding hydrogens is 204 g/mol. The van der Waals surface area contributed by atoms with Crippen molar-refractivity contribution in [1.29, 1.82) is 0 Å². The van der Waals surface area contributed by atoms with Gasteiger partial charge in [0.15, 0.2) is 0 Å². The van der Waals surface area contributed by atoms with Crippen molar-refractivity contribution in [3.8, 4) is 0 Å². The molecule has 0 amide bonds. The highest BCUT2D eigenvalue weighted by molar-refractivity contribution is 5.00. The fraction of sp³-hybridized carbons (Fsp3) is 0.818. The zero-order chi connectivity index (χ0) is 11.5. The normalized spacial score (nSPS) is 27.9. The number of hydrogen-bond acceptors (Lipinski definition) is 4. The van der Waals surface area contributed by atoms with E-state index in [-0.39, 0.29) is 18.2 Å². The van der Waals surface area contributed by atoms with Crippen molar-refractivity contribution < 1.29 is 5.11 Å². The van der Waals surface area contributed by atoms with Gasteiger partial charge in [0.25, 0.3) is 0 Å². The largest absolute Gasteiger partial charge is 0.391 e. The minimum atomic E-state index is -0.291. The number of hydrogen-bond donors (Lipinski definition) is 2. The minimum Gasteiger partial charge on any atom is -0.391 e. The number of rotatable bonds is 3. The van der Waals surface area contributed by atoms with E-state index < -0.39 is 0 Å². The van der Waals surface area contributed by atoms with Gasteiger partial charge in [0, 0.05) is 0 Å². The second kappa shape index (κ2) is 4.93. The molecule has 2 rings (SSSR count). The standard InChI is InChI=1S/C11H20N4O/c1-2-8(12)9-7-15(14-13-9)10-5-3-4-6-11(10)16/h7-8,10-11,16H,2-6,12H2,1H3. The molecule has 1 aromatic heterocycles. The van der Waals surface area contributed by atoms with Crippen LogP contribution in [0.3, 0.4) is 0 Å². The molecule has 16 heavy (non-hydrogen) atoms. The average molecular weight is 224 g/mol. The van der Waals surface area contributed by atoms with Crippen LogP contribution in [-0.2, 0) is 0 Å². The molecule has 5 heteroatoms. The van der Waals surface area contributed by atoms with Crippen molar-refractivity contribution in [3.63, 3.8) is 0 Å². The third kappa shape index (κ3) is 2.25. The molecule has 0 radical (unpaired) electrons. The highest BCUT2D eigenvalue weighted by atomic mass is 16.3. The van der Waals surface area contributed by atoms with Crippen molar-refractivity contribution in [2.24, 2.45) is 5.73 Å². The highest BCUT2D eigenvalue weighted by Gasteiger charge is 2.26. The van der Waals surface area contributed by atoms with Crippen molar-refractivity contribution in [2.45, 2.75) is 57.2 Å². The molecule has 1 heterocycles. The van der Waals surface area contributed by atoms with Crippen molar-refractivity contribution in [1.82, 2.24) is 15.0 Å². The van der Waals surface area contributed by atoms with Crippen LogP contribution in [0.5, 0.6) is 0 Å². The van der Waals surface area contributed by atoms with Gasteiger partial charge in [-0.15, -0.1) is 5.10 Å². The Balaban J connectivity index is 2.11. The number of aliphatic hydroxyl groups excluding tert-OH is 1. The molecular formula is C11H20N4O. The first kappa shape index (κ1) is 11.5. The van der Waals surface area contributed by atoms with E-state index in [1.807, 2.05) is 13.1 Å². The maximum Gasteiger partial charge on any atom is 0.0994 e. The van der Waals surface area contributed by atoms with Crippen LogP contribution in [-0.4, -0.2) is 26.2 Å². The SMILES string of the molecule is CCC(N)c1cn(C2CCCCC2O)nn1. The van der Waals surface area contributed by atoms with Crippen LogP contribution in [0, 0.1) is 0 Å². The minimum absolute atomic E-state index is 0.0468. The molecule has 0 aliphatic heterocycles. The summed E-state index contributed by atoms with van der Waals surface area (Å²) in [7, 11) is 0. The lowest BCUT2D eigenvalue weighted by Gasteiger charge is -2.27. The third-order valence-corrected chi connectivity index (χ3v) is 3.38. The van der Waals surface area contributed by atoms with Gasteiger partial charge in [-0.05, 0) is 19.3 Å². The first-order valence-electron chi connectivity index (χ1n) is 6.07. The van der Waals surface area contributed by atoms with Crippen LogP contribution < -0.4 is 5.73 Å². The summed E-state index contributed by atoms with van der Waals surface area (Å²) in [6, 6.07) is 0.0357. The quantitative estimate of drug-likeness (QED) is 0.807.